The van der Waals surface area contributed by atoms with Crippen molar-refractivity contribution in [2.75, 3.05) is 44.3 Å². The van der Waals surface area contributed by atoms with Gasteiger partial charge < -0.3 is 41.5 Å². The Labute approximate surface area is 455 Å². The summed E-state index contributed by atoms with van der Waals surface area (Å²) < 4.78 is 24.3. The van der Waals surface area contributed by atoms with Gasteiger partial charge in [-0.1, -0.05) is 81.4 Å². The van der Waals surface area contributed by atoms with E-state index in [0.29, 0.717) is 49.8 Å². The van der Waals surface area contributed by atoms with Crippen LogP contribution in [0.3, 0.4) is 0 Å². The first-order valence-electron chi connectivity index (χ1n) is 25.4. The maximum atomic E-state index is 14.2. The van der Waals surface area contributed by atoms with Crippen molar-refractivity contribution >= 4 is 73.3 Å². The number of carbonyl (C=O) groups is 6. The molecule has 6 aromatic rings. The van der Waals surface area contributed by atoms with Crippen LogP contribution in [0.5, 0.6) is 0 Å². The van der Waals surface area contributed by atoms with Crippen LogP contribution in [0, 0.1) is 18.3 Å². The summed E-state index contributed by atoms with van der Waals surface area (Å²) in [6.07, 6.45) is 4.07. The monoisotopic (exact) mass is 1100 g/mol. The number of aliphatic hydroxyl groups is 1. The molecule has 22 heteroatoms. The molecular weight excluding hydrogens is 1040 g/mol. The lowest BCUT2D eigenvalue weighted by Crippen LogP contribution is -2.58. The molecule has 0 unspecified atom stereocenters. The van der Waals surface area contributed by atoms with E-state index in [1.54, 1.807) is 11.3 Å². The highest BCUT2D eigenvalue weighted by molar-refractivity contribution is 7.89. The lowest BCUT2D eigenvalue weighted by molar-refractivity contribution is -0.144. The van der Waals surface area contributed by atoms with Gasteiger partial charge in [0.2, 0.25) is 39.6 Å². The highest BCUT2D eigenvalue weighted by Gasteiger charge is 2.44. The van der Waals surface area contributed by atoms with Crippen LogP contribution in [-0.4, -0.2) is 130 Å². The lowest BCUT2D eigenvalue weighted by atomic mass is 9.85. The van der Waals surface area contributed by atoms with E-state index in [2.05, 4.69) is 41.5 Å². The SMILES string of the molecule is Cc1ncsc1-c1ccc(CNC(=O)[C@@H]2C[C@@H](O)CN2C(=O)[C@@H](NC(=O)CCN2CCC(C(=O)NCc3cccc(-c4cccc(-c5csc(NC(=O)CNC(=O)c6ccn(S(C)(=O)=O)c6)n5)c4)c3)CC2)C(C)(C)C)cc1. The fourth-order valence-electron chi connectivity index (χ4n) is 9.35. The van der Waals surface area contributed by atoms with Crippen molar-refractivity contribution in [3.05, 3.63) is 125 Å². The fourth-order valence-corrected chi connectivity index (χ4v) is 11.5. The van der Waals surface area contributed by atoms with Crippen LogP contribution in [0.25, 0.3) is 32.8 Å². The Kier molecular flexibility index (Phi) is 17.8. The Morgan fingerprint density at radius 1 is 0.818 bits per heavy atom. The Morgan fingerprint density at radius 2 is 1.51 bits per heavy atom. The highest BCUT2D eigenvalue weighted by atomic mass is 32.2. The number of piperidine rings is 1. The molecule has 3 aromatic heterocycles. The van der Waals surface area contributed by atoms with E-state index in [1.807, 2.05) is 111 Å². The van der Waals surface area contributed by atoms with Crippen LogP contribution in [0.4, 0.5) is 5.13 Å². The summed E-state index contributed by atoms with van der Waals surface area (Å²) in [6, 6.07) is 23.1. The molecule has 3 aromatic carbocycles. The zero-order valence-electron chi connectivity index (χ0n) is 43.6. The quantitative estimate of drug-likeness (QED) is 0.0596. The number of anilines is 1. The molecule has 0 bridgehead atoms. The standard InChI is InChI=1S/C55H64N10O9S3/c1-34-48(76-33-59-34)37-14-12-35(13-15-37)27-57-52(71)45-26-43(66)31-65(45)53(72)49(55(2,3)4)61-46(67)19-22-63-20-16-38(17-21-63)50(69)56-28-36-8-6-9-39(24-36)40-10-7-11-41(25-40)44-32-75-54(60-44)62-47(68)29-58-51(70)42-18-23-64(30-42)77(5,73)74/h6-15,18,23-25,30,32-33,38,43,45,49,66H,16-17,19-22,26-29,31H2,1-5H3,(H,56,69)(H,57,71)(H,58,70)(H,61,67)(H,60,62,68)/t43-,45+,49-/m1/s1. The van der Waals surface area contributed by atoms with Crippen LogP contribution >= 0.6 is 22.7 Å². The average molecular weight is 1110 g/mol. The summed E-state index contributed by atoms with van der Waals surface area (Å²) in [5.74, 6) is -2.39. The molecule has 6 N–H and O–H groups in total. The third-order valence-electron chi connectivity index (χ3n) is 13.7. The molecule has 3 atom stereocenters. The van der Waals surface area contributed by atoms with Gasteiger partial charge in [-0.05, 0) is 84.3 Å². The summed E-state index contributed by atoms with van der Waals surface area (Å²) in [5, 5.41) is 27.0. The van der Waals surface area contributed by atoms with Crippen molar-refractivity contribution in [1.29, 1.82) is 0 Å². The Hall–Kier alpha value is -7.11. The van der Waals surface area contributed by atoms with E-state index in [0.717, 1.165) is 54.2 Å². The maximum absolute atomic E-state index is 14.2. The number of benzene rings is 3. The van der Waals surface area contributed by atoms with Gasteiger partial charge in [-0.15, -0.1) is 22.7 Å². The first-order chi connectivity index (χ1) is 36.7. The molecule has 0 aliphatic carbocycles. The maximum Gasteiger partial charge on any atom is 0.253 e. The number of nitrogens with one attached hydrogen (secondary N) is 5. The molecule has 8 rings (SSSR count). The molecule has 6 amide bonds. The molecule has 2 saturated heterocycles. The third kappa shape index (κ3) is 14.7. The van der Waals surface area contributed by atoms with Crippen molar-refractivity contribution in [2.24, 2.45) is 11.3 Å². The number of aryl methyl sites for hydroxylation is 1. The first-order valence-corrected chi connectivity index (χ1v) is 29.0. The van der Waals surface area contributed by atoms with E-state index >= 15 is 0 Å². The molecule has 0 saturated carbocycles. The van der Waals surface area contributed by atoms with E-state index in [4.69, 9.17) is 0 Å². The minimum Gasteiger partial charge on any atom is -0.391 e. The molecule has 0 radical (unpaired) electrons. The number of aromatic nitrogens is 3. The number of likely N-dealkylation sites (tertiary alicyclic amines) is 2. The van der Waals surface area contributed by atoms with Gasteiger partial charge in [0.25, 0.3) is 5.91 Å². The van der Waals surface area contributed by atoms with Crippen LogP contribution in [-0.2, 0) is 47.1 Å². The number of hydrogen-bond donors (Lipinski definition) is 6. The summed E-state index contributed by atoms with van der Waals surface area (Å²) in [7, 11) is -3.55. The number of aliphatic hydroxyl groups excluding tert-OH is 1. The molecule has 0 spiro atoms. The van der Waals surface area contributed by atoms with Gasteiger partial charge in [0, 0.05) is 68.3 Å². The first kappa shape index (κ1) is 56.1. The largest absolute Gasteiger partial charge is 0.391 e. The smallest absolute Gasteiger partial charge is 0.253 e. The molecule has 2 aliphatic rings. The number of thiazole rings is 2. The summed E-state index contributed by atoms with van der Waals surface area (Å²) >= 11 is 2.80. The Morgan fingerprint density at radius 3 is 2.19 bits per heavy atom. The van der Waals surface area contributed by atoms with E-state index < -0.39 is 51.3 Å². The third-order valence-corrected chi connectivity index (χ3v) is 16.4. The van der Waals surface area contributed by atoms with Gasteiger partial charge in [-0.25, -0.2) is 18.4 Å². The normalized spacial score (nSPS) is 16.6. The van der Waals surface area contributed by atoms with Crippen LogP contribution < -0.4 is 26.6 Å². The second-order valence-corrected chi connectivity index (χ2v) is 24.2. The molecule has 406 valence electrons. The number of nitrogens with zero attached hydrogens (tertiary/aromatic N) is 5. The Bertz CT molecular complexity index is 3230. The summed E-state index contributed by atoms with van der Waals surface area (Å²) in [4.78, 5) is 93.2. The molecule has 77 heavy (non-hydrogen) atoms. The van der Waals surface area contributed by atoms with Crippen molar-refractivity contribution < 1.29 is 42.3 Å². The second-order valence-electron chi connectivity index (χ2n) is 20.6. The number of carbonyl (C=O) groups excluding carboxylic acids is 6. The minimum absolute atomic E-state index is 0.0141. The van der Waals surface area contributed by atoms with E-state index in [-0.39, 0.29) is 61.7 Å². The highest BCUT2D eigenvalue weighted by Crippen LogP contribution is 2.31. The zero-order valence-corrected chi connectivity index (χ0v) is 46.0. The molecular formula is C55H64N10O9S3. The van der Waals surface area contributed by atoms with Crippen molar-refractivity contribution in [2.45, 2.75) is 84.7 Å². The summed E-state index contributed by atoms with van der Waals surface area (Å²) in [5.41, 5.74) is 8.38. The Balaban J connectivity index is 0.760. The van der Waals surface area contributed by atoms with Crippen molar-refractivity contribution in [3.8, 4) is 32.8 Å². The fraction of sp³-hybridized carbons (Fsp3) is 0.382. The number of rotatable bonds is 19. The van der Waals surface area contributed by atoms with Crippen LogP contribution in [0.15, 0.2) is 102 Å². The van der Waals surface area contributed by atoms with Crippen LogP contribution in [0.1, 0.15) is 73.6 Å². The molecule has 2 aliphatic heterocycles. The van der Waals surface area contributed by atoms with Gasteiger partial charge in [0.05, 0.1) is 46.2 Å². The second kappa shape index (κ2) is 24.5. The molecule has 2 fully saturated rings. The topological polar surface area (TPSA) is 254 Å². The average Bonchev–Trinajstić information content (AvgIpc) is 4.26. The van der Waals surface area contributed by atoms with Gasteiger partial charge in [0.1, 0.15) is 12.1 Å². The molecule has 5 heterocycles. The van der Waals surface area contributed by atoms with E-state index in [1.165, 1.54) is 34.7 Å². The number of β-amino-alcohol motifs (C(OH)–C–C–N with tert-alkyl or cyclic N) is 1. The van der Waals surface area contributed by atoms with Crippen LogP contribution in [0.2, 0.25) is 0 Å². The van der Waals surface area contributed by atoms with E-state index in [9.17, 15) is 42.3 Å². The van der Waals surface area contributed by atoms with Gasteiger partial charge in [-0.3, -0.25) is 32.7 Å². The predicted molar refractivity (Wildman–Crippen MR) is 296 cm³/mol. The number of amides is 6. The van der Waals surface area contributed by atoms with Gasteiger partial charge in [0.15, 0.2) is 5.13 Å². The van der Waals surface area contributed by atoms with Crippen molar-refractivity contribution in [3.63, 3.8) is 0 Å². The lowest BCUT2D eigenvalue weighted by Gasteiger charge is -2.35. The zero-order chi connectivity index (χ0) is 55.0. The minimum atomic E-state index is -3.55. The number of hydrogen-bond acceptors (Lipinski definition) is 14. The summed E-state index contributed by atoms with van der Waals surface area (Å²) in [6.45, 7) is 9.50. The predicted octanol–water partition coefficient (Wildman–Crippen LogP) is 5.41. The van der Waals surface area contributed by atoms with Gasteiger partial charge in [-0.2, -0.15) is 0 Å². The van der Waals surface area contributed by atoms with Gasteiger partial charge >= 0.3 is 0 Å². The molecule has 19 nitrogen and oxygen atoms in total. The van der Waals surface area contributed by atoms with Crippen molar-refractivity contribution in [1.82, 2.24) is 45.0 Å².